The van der Waals surface area contributed by atoms with Crippen molar-refractivity contribution in [2.24, 2.45) is 0 Å². The van der Waals surface area contributed by atoms with E-state index in [0.717, 1.165) is 5.56 Å². The molecule has 24 heavy (non-hydrogen) atoms. The summed E-state index contributed by atoms with van der Waals surface area (Å²) in [6, 6.07) is 11.1. The molecule has 1 aromatic carbocycles. The van der Waals surface area contributed by atoms with Crippen LogP contribution in [-0.2, 0) is 9.47 Å². The third kappa shape index (κ3) is 4.70. The van der Waals surface area contributed by atoms with Gasteiger partial charge in [-0.25, -0.2) is 14.6 Å². The quantitative estimate of drug-likeness (QED) is 0.868. The van der Waals surface area contributed by atoms with Gasteiger partial charge in [0.25, 0.3) is 0 Å². The molecule has 126 valence electrons. The topological polar surface area (TPSA) is 89.6 Å². The van der Waals surface area contributed by atoms with E-state index in [1.807, 2.05) is 30.3 Å². The van der Waals surface area contributed by atoms with Crippen LogP contribution in [0.5, 0.6) is 0 Å². The summed E-state index contributed by atoms with van der Waals surface area (Å²) >= 11 is 0. The van der Waals surface area contributed by atoms with Crippen LogP contribution in [0.2, 0.25) is 0 Å². The van der Waals surface area contributed by atoms with Gasteiger partial charge in [0, 0.05) is 5.56 Å². The van der Waals surface area contributed by atoms with Gasteiger partial charge in [0.05, 0.1) is 25.1 Å². The maximum absolute atomic E-state index is 11.7. The summed E-state index contributed by atoms with van der Waals surface area (Å²) in [6.07, 6.45) is 0.304. The Morgan fingerprint density at radius 2 is 1.62 bits per heavy atom. The molecule has 0 radical (unpaired) electrons. The zero-order valence-corrected chi connectivity index (χ0v) is 13.5. The van der Waals surface area contributed by atoms with Gasteiger partial charge in [-0.15, -0.1) is 0 Å². The first-order valence-corrected chi connectivity index (χ1v) is 7.57. The molecule has 1 heterocycles. The Labute approximate surface area is 140 Å². The van der Waals surface area contributed by atoms with Crippen molar-refractivity contribution in [3.05, 3.63) is 42.6 Å². The number of hydrogen-bond acceptors (Lipinski definition) is 5. The van der Waals surface area contributed by atoms with E-state index in [1.165, 1.54) is 6.20 Å². The summed E-state index contributed by atoms with van der Waals surface area (Å²) < 4.78 is 9.73. The van der Waals surface area contributed by atoms with Crippen LogP contribution >= 0.6 is 0 Å². The standard InChI is InChI=1S/C17H19N3O4/c1-3-23-16(21)19-14-11-18-15(20-17(22)24-4-2)10-13(14)12-8-6-5-7-9-12/h5-11H,3-4H2,1-2H3,(H,19,21)(H,18,20,22). The number of nitrogens with one attached hydrogen (secondary N) is 2. The molecule has 1 aromatic heterocycles. The lowest BCUT2D eigenvalue weighted by molar-refractivity contribution is 0.167. The zero-order valence-electron chi connectivity index (χ0n) is 13.5. The third-order valence-corrected chi connectivity index (χ3v) is 3.01. The van der Waals surface area contributed by atoms with E-state index in [2.05, 4.69) is 15.6 Å². The van der Waals surface area contributed by atoms with Crippen molar-refractivity contribution < 1.29 is 19.1 Å². The minimum Gasteiger partial charge on any atom is -0.450 e. The fourth-order valence-electron chi connectivity index (χ4n) is 2.03. The number of carbonyl (C=O) groups is 2. The summed E-state index contributed by atoms with van der Waals surface area (Å²) in [7, 11) is 0. The first-order chi connectivity index (χ1) is 11.6. The lowest BCUT2D eigenvalue weighted by Crippen LogP contribution is -2.16. The van der Waals surface area contributed by atoms with Crippen molar-refractivity contribution in [3.8, 4) is 11.1 Å². The summed E-state index contributed by atoms with van der Waals surface area (Å²) in [5, 5.41) is 5.19. The van der Waals surface area contributed by atoms with Crippen molar-refractivity contribution in [2.45, 2.75) is 13.8 Å². The zero-order chi connectivity index (χ0) is 17.4. The Morgan fingerprint density at radius 3 is 2.25 bits per heavy atom. The number of ether oxygens (including phenoxy) is 2. The minimum absolute atomic E-state index is 0.264. The second-order valence-corrected chi connectivity index (χ2v) is 4.67. The van der Waals surface area contributed by atoms with E-state index in [9.17, 15) is 9.59 Å². The van der Waals surface area contributed by atoms with Crippen LogP contribution < -0.4 is 10.6 Å². The molecular formula is C17H19N3O4. The Morgan fingerprint density at radius 1 is 1.00 bits per heavy atom. The largest absolute Gasteiger partial charge is 0.450 e. The number of nitrogens with zero attached hydrogens (tertiary/aromatic N) is 1. The fraction of sp³-hybridized carbons (Fsp3) is 0.235. The van der Waals surface area contributed by atoms with Gasteiger partial charge in [0.1, 0.15) is 5.82 Å². The van der Waals surface area contributed by atoms with E-state index in [4.69, 9.17) is 9.47 Å². The van der Waals surface area contributed by atoms with Crippen molar-refractivity contribution in [3.63, 3.8) is 0 Å². The maximum Gasteiger partial charge on any atom is 0.412 e. The number of amides is 2. The average molecular weight is 329 g/mol. The first-order valence-electron chi connectivity index (χ1n) is 7.57. The predicted octanol–water partition coefficient (Wildman–Crippen LogP) is 3.89. The molecule has 0 saturated carbocycles. The molecule has 0 spiro atoms. The highest BCUT2D eigenvalue weighted by Crippen LogP contribution is 2.29. The highest BCUT2D eigenvalue weighted by atomic mass is 16.6. The Hall–Kier alpha value is -3.09. The van der Waals surface area contributed by atoms with E-state index in [-0.39, 0.29) is 13.2 Å². The molecule has 0 aliphatic heterocycles. The molecule has 2 amide bonds. The number of hydrogen-bond donors (Lipinski definition) is 2. The Balaban J connectivity index is 2.33. The highest BCUT2D eigenvalue weighted by Gasteiger charge is 2.12. The van der Waals surface area contributed by atoms with Gasteiger partial charge < -0.3 is 9.47 Å². The highest BCUT2D eigenvalue weighted by molar-refractivity contribution is 5.93. The molecule has 0 fully saturated rings. The predicted molar refractivity (Wildman–Crippen MR) is 91.0 cm³/mol. The van der Waals surface area contributed by atoms with Crippen LogP contribution in [0.4, 0.5) is 21.1 Å². The SMILES string of the molecule is CCOC(=O)Nc1cc(-c2ccccc2)c(NC(=O)OCC)cn1. The van der Waals surface area contributed by atoms with Crippen LogP contribution in [-0.4, -0.2) is 30.4 Å². The van der Waals surface area contributed by atoms with Gasteiger partial charge in [-0.05, 0) is 25.5 Å². The van der Waals surface area contributed by atoms with Crippen LogP contribution in [0.15, 0.2) is 42.6 Å². The molecule has 0 bridgehead atoms. The number of pyridine rings is 1. The van der Waals surface area contributed by atoms with Crippen LogP contribution in [0, 0.1) is 0 Å². The molecule has 0 aliphatic rings. The fourth-order valence-corrected chi connectivity index (χ4v) is 2.03. The monoisotopic (exact) mass is 329 g/mol. The molecule has 7 heteroatoms. The second kappa shape index (κ2) is 8.52. The minimum atomic E-state index is -0.588. The van der Waals surface area contributed by atoms with E-state index in [1.54, 1.807) is 19.9 Å². The van der Waals surface area contributed by atoms with Crippen molar-refractivity contribution >= 4 is 23.7 Å². The van der Waals surface area contributed by atoms with Crippen LogP contribution in [0.25, 0.3) is 11.1 Å². The second-order valence-electron chi connectivity index (χ2n) is 4.67. The van der Waals surface area contributed by atoms with Crippen molar-refractivity contribution in [1.29, 1.82) is 0 Å². The molecule has 0 unspecified atom stereocenters. The molecule has 2 rings (SSSR count). The van der Waals surface area contributed by atoms with Gasteiger partial charge in [-0.1, -0.05) is 30.3 Å². The third-order valence-electron chi connectivity index (χ3n) is 3.01. The van der Waals surface area contributed by atoms with Crippen LogP contribution in [0.3, 0.4) is 0 Å². The maximum atomic E-state index is 11.7. The molecule has 2 N–H and O–H groups in total. The van der Waals surface area contributed by atoms with Crippen molar-refractivity contribution in [2.75, 3.05) is 23.8 Å². The Bertz CT molecular complexity index is 704. The summed E-state index contributed by atoms with van der Waals surface area (Å²) in [6.45, 7) is 3.97. The normalized spacial score (nSPS) is 9.92. The molecule has 0 aliphatic carbocycles. The number of rotatable bonds is 5. The summed E-state index contributed by atoms with van der Waals surface area (Å²) in [4.78, 5) is 27.4. The molecule has 7 nitrogen and oxygen atoms in total. The number of aromatic nitrogens is 1. The van der Waals surface area contributed by atoms with E-state index < -0.39 is 12.2 Å². The number of anilines is 2. The van der Waals surface area contributed by atoms with Crippen LogP contribution in [0.1, 0.15) is 13.8 Å². The van der Waals surface area contributed by atoms with Gasteiger partial charge in [-0.2, -0.15) is 0 Å². The summed E-state index contributed by atoms with van der Waals surface area (Å²) in [5.74, 6) is 0.321. The molecule has 0 saturated heterocycles. The molecule has 0 atom stereocenters. The van der Waals surface area contributed by atoms with Gasteiger partial charge in [-0.3, -0.25) is 10.6 Å². The smallest absolute Gasteiger partial charge is 0.412 e. The Kier molecular flexibility index (Phi) is 6.13. The van der Waals surface area contributed by atoms with Crippen molar-refractivity contribution in [1.82, 2.24) is 4.98 Å². The lowest BCUT2D eigenvalue weighted by Gasteiger charge is -2.13. The van der Waals surface area contributed by atoms with Gasteiger partial charge in [0.2, 0.25) is 0 Å². The molecule has 2 aromatic rings. The molecular weight excluding hydrogens is 310 g/mol. The first kappa shape index (κ1) is 17.3. The average Bonchev–Trinajstić information content (AvgIpc) is 2.57. The van der Waals surface area contributed by atoms with E-state index >= 15 is 0 Å². The van der Waals surface area contributed by atoms with Gasteiger partial charge in [0.15, 0.2) is 0 Å². The van der Waals surface area contributed by atoms with E-state index in [0.29, 0.717) is 17.1 Å². The lowest BCUT2D eigenvalue weighted by atomic mass is 10.1. The summed E-state index contributed by atoms with van der Waals surface area (Å²) in [5.41, 5.74) is 2.04. The number of carbonyl (C=O) groups excluding carboxylic acids is 2. The van der Waals surface area contributed by atoms with Gasteiger partial charge >= 0.3 is 12.2 Å². The number of benzene rings is 1.